The van der Waals surface area contributed by atoms with Crippen molar-refractivity contribution in [2.75, 3.05) is 13.6 Å². The Kier molecular flexibility index (Phi) is 4.95. The molecule has 0 saturated heterocycles. The highest BCUT2D eigenvalue weighted by Crippen LogP contribution is 2.30. The molecule has 1 aromatic rings. The monoisotopic (exact) mass is 318 g/mol. The summed E-state index contributed by atoms with van der Waals surface area (Å²) in [5, 5.41) is 2.81. The average molecular weight is 318 g/mol. The van der Waals surface area contributed by atoms with Gasteiger partial charge >= 0.3 is 0 Å². The van der Waals surface area contributed by atoms with Crippen molar-refractivity contribution in [2.24, 2.45) is 0 Å². The predicted octanol–water partition coefficient (Wildman–Crippen LogP) is 2.25. The van der Waals surface area contributed by atoms with Crippen LogP contribution in [0.2, 0.25) is 0 Å². The van der Waals surface area contributed by atoms with E-state index in [1.165, 1.54) is 11.4 Å². The molecule has 0 atom stereocenters. The number of hydrogen-bond donors (Lipinski definition) is 1. The second kappa shape index (κ2) is 6.37. The van der Waals surface area contributed by atoms with Gasteiger partial charge in [-0.05, 0) is 31.5 Å². The van der Waals surface area contributed by atoms with Gasteiger partial charge in [0.1, 0.15) is 10.7 Å². The van der Waals surface area contributed by atoms with Crippen molar-refractivity contribution in [3.63, 3.8) is 0 Å². The van der Waals surface area contributed by atoms with Crippen LogP contribution >= 0.6 is 0 Å². The number of halogens is 2. The molecule has 1 aliphatic rings. The third-order valence-corrected chi connectivity index (χ3v) is 5.88. The van der Waals surface area contributed by atoms with Crippen LogP contribution in [0.4, 0.5) is 8.78 Å². The number of benzene rings is 1. The topological polar surface area (TPSA) is 49.4 Å². The molecule has 0 spiro atoms. The summed E-state index contributed by atoms with van der Waals surface area (Å²) in [6.45, 7) is 2.31. The quantitative estimate of drug-likeness (QED) is 0.875. The maximum atomic E-state index is 14.4. The first-order valence-corrected chi connectivity index (χ1v) is 8.49. The predicted molar refractivity (Wildman–Crippen MR) is 76.3 cm³/mol. The lowest BCUT2D eigenvalue weighted by atomic mass is 9.94. The van der Waals surface area contributed by atoms with Crippen LogP contribution in [0.5, 0.6) is 0 Å². The molecule has 0 radical (unpaired) electrons. The van der Waals surface area contributed by atoms with Crippen molar-refractivity contribution in [3.8, 4) is 0 Å². The zero-order valence-electron chi connectivity index (χ0n) is 12.2. The normalized spacial score (nSPS) is 16.2. The second-order valence-corrected chi connectivity index (χ2v) is 7.19. The first-order chi connectivity index (χ1) is 9.89. The second-order valence-electron chi connectivity index (χ2n) is 5.22. The van der Waals surface area contributed by atoms with Crippen LogP contribution in [0.1, 0.15) is 31.7 Å². The molecular weight excluding hydrogens is 298 g/mol. The van der Waals surface area contributed by atoms with Gasteiger partial charge < -0.3 is 5.32 Å². The van der Waals surface area contributed by atoms with Crippen LogP contribution in [0.15, 0.2) is 17.0 Å². The molecule has 0 aromatic heterocycles. The van der Waals surface area contributed by atoms with Gasteiger partial charge in [-0.15, -0.1) is 0 Å². The van der Waals surface area contributed by atoms with Gasteiger partial charge in [-0.2, -0.15) is 4.31 Å². The Labute approximate surface area is 124 Å². The molecule has 1 aromatic carbocycles. The third-order valence-electron chi connectivity index (χ3n) is 3.95. The van der Waals surface area contributed by atoms with Gasteiger partial charge in [0.2, 0.25) is 10.0 Å². The van der Waals surface area contributed by atoms with Gasteiger partial charge in [-0.1, -0.05) is 13.3 Å². The molecule has 21 heavy (non-hydrogen) atoms. The fraction of sp³-hybridized carbons (Fsp3) is 0.571. The molecule has 4 nitrogen and oxygen atoms in total. The lowest BCUT2D eigenvalue weighted by molar-refractivity contribution is 0.249. The van der Waals surface area contributed by atoms with E-state index in [2.05, 4.69) is 5.32 Å². The lowest BCUT2D eigenvalue weighted by Gasteiger charge is -2.33. The average Bonchev–Trinajstić information content (AvgIpc) is 2.36. The molecule has 1 fully saturated rings. The summed E-state index contributed by atoms with van der Waals surface area (Å²) in [5.41, 5.74) is -0.236. The Morgan fingerprint density at radius 3 is 2.52 bits per heavy atom. The van der Waals surface area contributed by atoms with Gasteiger partial charge in [-0.3, -0.25) is 0 Å². The van der Waals surface area contributed by atoms with Crippen molar-refractivity contribution in [1.29, 1.82) is 0 Å². The van der Waals surface area contributed by atoms with E-state index in [4.69, 9.17) is 0 Å². The molecule has 1 saturated carbocycles. The van der Waals surface area contributed by atoms with Crippen LogP contribution in [-0.2, 0) is 16.6 Å². The standard InChI is InChI=1S/C14H20F2N2O2S/c1-3-17-9-11-12(15)7-8-13(14(11)16)21(19,20)18(2)10-5-4-6-10/h7-8,10,17H,3-6,9H2,1-2H3. The zero-order valence-corrected chi connectivity index (χ0v) is 13.0. The molecule has 0 amide bonds. The van der Waals surface area contributed by atoms with Crippen LogP contribution in [0, 0.1) is 11.6 Å². The Morgan fingerprint density at radius 2 is 2.00 bits per heavy atom. The highest BCUT2D eigenvalue weighted by Gasteiger charge is 2.34. The van der Waals surface area contributed by atoms with Crippen LogP contribution in [0.3, 0.4) is 0 Å². The Balaban J connectivity index is 2.38. The zero-order chi connectivity index (χ0) is 15.6. The van der Waals surface area contributed by atoms with Gasteiger partial charge in [0, 0.05) is 25.2 Å². The minimum Gasteiger partial charge on any atom is -0.313 e. The van der Waals surface area contributed by atoms with Gasteiger partial charge in [0.25, 0.3) is 0 Å². The van der Waals surface area contributed by atoms with E-state index in [1.54, 1.807) is 6.92 Å². The van der Waals surface area contributed by atoms with Crippen LogP contribution in [-0.4, -0.2) is 32.4 Å². The van der Waals surface area contributed by atoms with Gasteiger partial charge in [0.05, 0.1) is 0 Å². The summed E-state index contributed by atoms with van der Waals surface area (Å²) in [4.78, 5) is -0.453. The molecule has 0 unspecified atom stereocenters. The summed E-state index contributed by atoms with van der Waals surface area (Å²) in [7, 11) is -2.48. The Bertz CT molecular complexity index is 616. The van der Waals surface area contributed by atoms with E-state index in [1.807, 2.05) is 0 Å². The number of rotatable bonds is 6. The van der Waals surface area contributed by atoms with Crippen molar-refractivity contribution in [2.45, 2.75) is 43.7 Å². The van der Waals surface area contributed by atoms with E-state index < -0.39 is 26.6 Å². The van der Waals surface area contributed by atoms with E-state index in [0.29, 0.717) is 6.54 Å². The van der Waals surface area contributed by atoms with E-state index in [-0.39, 0.29) is 18.2 Å². The van der Waals surface area contributed by atoms with Gasteiger partial charge in [-0.25, -0.2) is 17.2 Å². The summed E-state index contributed by atoms with van der Waals surface area (Å²) in [5.74, 6) is -1.74. The number of nitrogens with zero attached hydrogens (tertiary/aromatic N) is 1. The summed E-state index contributed by atoms with van der Waals surface area (Å²) < 4.78 is 54.2. The SMILES string of the molecule is CCNCc1c(F)ccc(S(=O)(=O)N(C)C2CCC2)c1F. The smallest absolute Gasteiger partial charge is 0.245 e. The van der Waals surface area contributed by atoms with E-state index in [9.17, 15) is 17.2 Å². The number of sulfonamides is 1. The van der Waals surface area contributed by atoms with E-state index >= 15 is 0 Å². The molecule has 2 rings (SSSR count). The number of nitrogens with one attached hydrogen (secondary N) is 1. The van der Waals surface area contributed by atoms with Crippen LogP contribution in [0.25, 0.3) is 0 Å². The van der Waals surface area contributed by atoms with Crippen molar-refractivity contribution < 1.29 is 17.2 Å². The molecule has 7 heteroatoms. The van der Waals surface area contributed by atoms with Crippen molar-refractivity contribution in [3.05, 3.63) is 29.3 Å². The molecule has 1 aliphatic carbocycles. The minimum absolute atomic E-state index is 0.0370. The minimum atomic E-state index is -3.93. The van der Waals surface area contributed by atoms with Gasteiger partial charge in [0.15, 0.2) is 5.82 Å². The first-order valence-electron chi connectivity index (χ1n) is 7.05. The fourth-order valence-electron chi connectivity index (χ4n) is 2.29. The molecular formula is C14H20F2N2O2S. The number of hydrogen-bond acceptors (Lipinski definition) is 3. The summed E-state index contributed by atoms with van der Waals surface area (Å²) >= 11 is 0. The molecule has 118 valence electrons. The summed E-state index contributed by atoms with van der Waals surface area (Å²) in [6, 6.07) is 1.93. The van der Waals surface area contributed by atoms with Crippen molar-refractivity contribution >= 4 is 10.0 Å². The fourth-order valence-corrected chi connectivity index (χ4v) is 3.79. The maximum Gasteiger partial charge on any atom is 0.245 e. The highest BCUT2D eigenvalue weighted by atomic mass is 32.2. The largest absolute Gasteiger partial charge is 0.313 e. The van der Waals surface area contributed by atoms with Crippen LogP contribution < -0.4 is 5.32 Å². The molecule has 1 N–H and O–H groups in total. The lowest BCUT2D eigenvalue weighted by Crippen LogP contribution is -2.41. The summed E-state index contributed by atoms with van der Waals surface area (Å²) in [6.07, 6.45) is 2.54. The molecule has 0 aliphatic heterocycles. The first kappa shape index (κ1) is 16.3. The maximum absolute atomic E-state index is 14.4. The molecule has 0 bridgehead atoms. The Morgan fingerprint density at radius 1 is 1.33 bits per heavy atom. The highest BCUT2D eigenvalue weighted by molar-refractivity contribution is 7.89. The third kappa shape index (κ3) is 3.09. The van der Waals surface area contributed by atoms with Crippen molar-refractivity contribution in [1.82, 2.24) is 9.62 Å². The van der Waals surface area contributed by atoms with E-state index in [0.717, 1.165) is 31.4 Å². The Hall–Kier alpha value is -1.05. The molecule has 0 heterocycles.